The SMILES string of the molecule is CCCCC/C=C\C/C=C\CCCCCCCC(=O)OCC(COC(OCC[N+](C)(C)C)C(=O)O)OC(=O)CCCCCCCCCCCCCCC/C=C\C/C=C\CCCCCCC. The second-order valence-electron chi connectivity index (χ2n) is 19.2. The van der Waals surface area contributed by atoms with Gasteiger partial charge in [-0.1, -0.05) is 191 Å². The third-order valence-electron chi connectivity index (χ3n) is 11.6. The molecule has 0 aliphatic rings. The van der Waals surface area contributed by atoms with E-state index in [9.17, 15) is 19.5 Å². The molecule has 0 aliphatic carbocycles. The van der Waals surface area contributed by atoms with Gasteiger partial charge in [0, 0.05) is 12.8 Å². The predicted molar refractivity (Wildman–Crippen MR) is 272 cm³/mol. The maximum absolute atomic E-state index is 12.8. The molecule has 0 fully saturated rings. The van der Waals surface area contributed by atoms with Crippen LogP contribution in [-0.4, -0.2) is 87.4 Å². The summed E-state index contributed by atoms with van der Waals surface area (Å²) in [5, 5.41) is 9.67. The van der Waals surface area contributed by atoms with E-state index in [0.717, 1.165) is 70.6 Å². The number of rotatable bonds is 49. The molecule has 9 nitrogen and oxygen atoms in total. The molecule has 378 valence electrons. The van der Waals surface area contributed by atoms with Gasteiger partial charge < -0.3 is 28.5 Å². The first-order valence-electron chi connectivity index (χ1n) is 26.8. The highest BCUT2D eigenvalue weighted by molar-refractivity contribution is 5.71. The monoisotopic (exact) mass is 917 g/mol. The summed E-state index contributed by atoms with van der Waals surface area (Å²) in [7, 11) is 5.96. The molecule has 1 N–H and O–H groups in total. The van der Waals surface area contributed by atoms with E-state index < -0.39 is 24.3 Å². The summed E-state index contributed by atoms with van der Waals surface area (Å²) in [4.78, 5) is 37.3. The molecule has 0 bridgehead atoms. The van der Waals surface area contributed by atoms with Crippen LogP contribution in [0.25, 0.3) is 0 Å². The Morgan fingerprint density at radius 1 is 0.462 bits per heavy atom. The third-order valence-corrected chi connectivity index (χ3v) is 11.6. The molecule has 0 amide bonds. The molecule has 0 aromatic carbocycles. The van der Waals surface area contributed by atoms with Crippen LogP contribution in [0.1, 0.15) is 232 Å². The van der Waals surface area contributed by atoms with Gasteiger partial charge in [-0.05, 0) is 77.0 Å². The molecule has 0 saturated heterocycles. The van der Waals surface area contributed by atoms with Gasteiger partial charge in [0.25, 0.3) is 6.29 Å². The van der Waals surface area contributed by atoms with Crippen molar-refractivity contribution in [1.29, 1.82) is 0 Å². The number of aliphatic carboxylic acids is 1. The van der Waals surface area contributed by atoms with Crippen molar-refractivity contribution in [2.75, 3.05) is 47.5 Å². The Kier molecular flexibility index (Phi) is 45.7. The van der Waals surface area contributed by atoms with Crippen LogP contribution in [0, 0.1) is 0 Å². The summed E-state index contributed by atoms with van der Waals surface area (Å²) in [5.41, 5.74) is 0. The summed E-state index contributed by atoms with van der Waals surface area (Å²) >= 11 is 0. The van der Waals surface area contributed by atoms with E-state index in [1.165, 1.54) is 135 Å². The largest absolute Gasteiger partial charge is 0.477 e. The fourth-order valence-corrected chi connectivity index (χ4v) is 7.37. The van der Waals surface area contributed by atoms with Crippen molar-refractivity contribution >= 4 is 17.9 Å². The number of quaternary nitrogens is 1. The van der Waals surface area contributed by atoms with Crippen molar-refractivity contribution in [1.82, 2.24) is 0 Å². The number of ether oxygens (including phenoxy) is 4. The van der Waals surface area contributed by atoms with E-state index in [1.807, 2.05) is 21.1 Å². The number of unbranched alkanes of at least 4 members (excludes halogenated alkanes) is 26. The van der Waals surface area contributed by atoms with Gasteiger partial charge in [0.1, 0.15) is 13.2 Å². The van der Waals surface area contributed by atoms with Gasteiger partial charge in [0.15, 0.2) is 6.10 Å². The number of allylic oxidation sites excluding steroid dienone is 8. The van der Waals surface area contributed by atoms with Gasteiger partial charge in [-0.2, -0.15) is 0 Å². The topological polar surface area (TPSA) is 108 Å². The van der Waals surface area contributed by atoms with Gasteiger partial charge in [-0.3, -0.25) is 9.59 Å². The Morgan fingerprint density at radius 2 is 0.831 bits per heavy atom. The van der Waals surface area contributed by atoms with Crippen molar-refractivity contribution in [2.45, 2.75) is 245 Å². The first kappa shape index (κ1) is 62.2. The van der Waals surface area contributed by atoms with Crippen LogP contribution in [-0.2, 0) is 33.3 Å². The molecule has 0 saturated carbocycles. The van der Waals surface area contributed by atoms with Crippen LogP contribution in [0.5, 0.6) is 0 Å². The molecule has 0 aromatic heterocycles. The molecule has 0 rings (SSSR count). The first-order chi connectivity index (χ1) is 31.6. The van der Waals surface area contributed by atoms with Gasteiger partial charge in [-0.25, -0.2) is 4.79 Å². The number of carboxylic acid groups (broad SMARTS) is 1. The molecule has 9 heteroatoms. The number of hydrogen-bond acceptors (Lipinski definition) is 7. The van der Waals surface area contributed by atoms with E-state index in [4.69, 9.17) is 18.9 Å². The average Bonchev–Trinajstić information content (AvgIpc) is 3.27. The zero-order valence-electron chi connectivity index (χ0n) is 42.9. The molecular formula is C56H102NO8+. The van der Waals surface area contributed by atoms with Crippen molar-refractivity contribution in [3.8, 4) is 0 Å². The van der Waals surface area contributed by atoms with Crippen LogP contribution >= 0.6 is 0 Å². The molecule has 2 unspecified atom stereocenters. The van der Waals surface area contributed by atoms with E-state index >= 15 is 0 Å². The Morgan fingerprint density at radius 3 is 1.25 bits per heavy atom. The number of carboxylic acids is 1. The lowest BCUT2D eigenvalue weighted by molar-refractivity contribution is -0.870. The van der Waals surface area contributed by atoms with E-state index in [2.05, 4.69) is 62.5 Å². The molecule has 0 aliphatic heterocycles. The molecule has 65 heavy (non-hydrogen) atoms. The summed E-state index contributed by atoms with van der Waals surface area (Å²) in [6, 6.07) is 0. The Bertz CT molecular complexity index is 1210. The number of nitrogens with zero attached hydrogens (tertiary/aromatic N) is 1. The lowest BCUT2D eigenvalue weighted by Gasteiger charge is -2.25. The fraction of sp³-hybridized carbons (Fsp3) is 0.804. The maximum atomic E-state index is 12.8. The lowest BCUT2D eigenvalue weighted by Crippen LogP contribution is -2.40. The Hall–Kier alpha value is -2.75. The van der Waals surface area contributed by atoms with Crippen molar-refractivity contribution in [3.05, 3.63) is 48.6 Å². The zero-order valence-corrected chi connectivity index (χ0v) is 42.9. The minimum Gasteiger partial charge on any atom is -0.477 e. The van der Waals surface area contributed by atoms with Gasteiger partial charge >= 0.3 is 17.9 Å². The van der Waals surface area contributed by atoms with Gasteiger partial charge in [0.2, 0.25) is 0 Å². The molecule has 0 spiro atoms. The fourth-order valence-electron chi connectivity index (χ4n) is 7.37. The second kappa shape index (κ2) is 47.7. The molecule has 0 heterocycles. The van der Waals surface area contributed by atoms with Crippen molar-refractivity contribution in [2.24, 2.45) is 0 Å². The smallest absolute Gasteiger partial charge is 0.361 e. The van der Waals surface area contributed by atoms with Crippen LogP contribution < -0.4 is 0 Å². The lowest BCUT2D eigenvalue weighted by atomic mass is 10.0. The molecule has 0 radical (unpaired) electrons. The summed E-state index contributed by atoms with van der Waals surface area (Å²) < 4.78 is 22.8. The van der Waals surface area contributed by atoms with Crippen LogP contribution in [0.4, 0.5) is 0 Å². The highest BCUT2D eigenvalue weighted by Gasteiger charge is 2.25. The number of esters is 2. The minimum absolute atomic E-state index is 0.185. The van der Waals surface area contributed by atoms with E-state index in [0.29, 0.717) is 11.0 Å². The molecule has 0 aromatic rings. The first-order valence-corrected chi connectivity index (χ1v) is 26.8. The quantitative estimate of drug-likeness (QED) is 0.0211. The molecule has 2 atom stereocenters. The standard InChI is InChI=1S/C56H101NO8/c1-6-8-10-12-14-16-18-20-22-23-24-25-26-27-28-29-30-31-33-35-37-39-41-43-45-47-54(59)65-52(51-64-56(55(60)61)62-49-48-57(3,4)5)50-63-53(58)46-44-42-40-38-36-34-32-21-19-17-15-13-11-9-7-2/h15,17-18,20-21,23-24,32,52,56H,6-14,16,19,22,25-31,33-51H2,1-5H3/p+1/b17-15-,20-18-,24-23-,32-21-. The number of hydrogen-bond donors (Lipinski definition) is 1. The average molecular weight is 917 g/mol. The van der Waals surface area contributed by atoms with Crippen LogP contribution in [0.3, 0.4) is 0 Å². The van der Waals surface area contributed by atoms with Crippen molar-refractivity contribution in [3.63, 3.8) is 0 Å². The van der Waals surface area contributed by atoms with Crippen LogP contribution in [0.15, 0.2) is 48.6 Å². The maximum Gasteiger partial charge on any atom is 0.361 e. The van der Waals surface area contributed by atoms with Crippen LogP contribution in [0.2, 0.25) is 0 Å². The van der Waals surface area contributed by atoms with Gasteiger partial charge in [0.05, 0.1) is 34.4 Å². The highest BCUT2D eigenvalue weighted by Crippen LogP contribution is 2.15. The number of carbonyl (C=O) groups is 3. The van der Waals surface area contributed by atoms with E-state index in [-0.39, 0.29) is 38.6 Å². The van der Waals surface area contributed by atoms with Gasteiger partial charge in [-0.15, -0.1) is 0 Å². The molecular weight excluding hydrogens is 815 g/mol. The number of carbonyl (C=O) groups excluding carboxylic acids is 2. The van der Waals surface area contributed by atoms with E-state index in [1.54, 1.807) is 0 Å². The normalized spacial score (nSPS) is 13.2. The summed E-state index contributed by atoms with van der Waals surface area (Å²) in [6.07, 6.45) is 54.6. The Labute approximate surface area is 400 Å². The summed E-state index contributed by atoms with van der Waals surface area (Å²) in [6.45, 7) is 4.83. The highest BCUT2D eigenvalue weighted by atomic mass is 16.7. The summed E-state index contributed by atoms with van der Waals surface area (Å²) in [5.74, 6) is -2.02. The third kappa shape index (κ3) is 49.0. The Balaban J connectivity index is 4.27. The number of likely N-dealkylation sites (N-methyl/N-ethyl adjacent to an activating group) is 1. The minimum atomic E-state index is -1.51. The van der Waals surface area contributed by atoms with Crippen molar-refractivity contribution < 1.29 is 42.9 Å². The predicted octanol–water partition coefficient (Wildman–Crippen LogP) is 15.1. The second-order valence-corrected chi connectivity index (χ2v) is 19.2. The zero-order chi connectivity index (χ0) is 47.7.